The van der Waals surface area contributed by atoms with Crippen molar-refractivity contribution in [3.63, 3.8) is 0 Å². The molecule has 8 heteroatoms. The maximum atomic E-state index is 14.2. The van der Waals surface area contributed by atoms with E-state index >= 15 is 0 Å². The van der Waals surface area contributed by atoms with Crippen molar-refractivity contribution in [2.45, 2.75) is 79.7 Å². The number of carbonyl (C=O) groups is 3. The molecule has 0 spiro atoms. The number of anilines is 1. The van der Waals surface area contributed by atoms with E-state index in [1.165, 1.54) is 0 Å². The molecule has 3 aliphatic rings. The molecule has 48 heavy (non-hydrogen) atoms. The van der Waals surface area contributed by atoms with Gasteiger partial charge in [0, 0.05) is 53.5 Å². The van der Waals surface area contributed by atoms with Crippen LogP contribution in [0.3, 0.4) is 0 Å². The number of hydrogen-bond donors (Lipinski definition) is 1. The number of carbonyl (C=O) groups excluding carboxylic acids is 3. The number of aryl methyl sites for hydroxylation is 2. The molecule has 0 atom stereocenters. The lowest BCUT2D eigenvalue weighted by atomic mass is 9.63. The van der Waals surface area contributed by atoms with Gasteiger partial charge in [-0.3, -0.25) is 14.4 Å². The van der Waals surface area contributed by atoms with Gasteiger partial charge in [-0.05, 0) is 104 Å². The molecule has 0 aromatic heterocycles. The molecule has 1 aliphatic heterocycles. The van der Waals surface area contributed by atoms with Crippen LogP contribution in [0.25, 0.3) is 0 Å². The van der Waals surface area contributed by atoms with E-state index in [0.717, 1.165) is 63.3 Å². The Bertz CT molecular complexity index is 1810. The smallest absolute Gasteiger partial charge is 0.262 e. The van der Waals surface area contributed by atoms with E-state index in [1.807, 2.05) is 62.4 Å². The van der Waals surface area contributed by atoms with Gasteiger partial charge >= 0.3 is 0 Å². The van der Waals surface area contributed by atoms with Crippen LogP contribution in [0.5, 0.6) is 5.75 Å². The second-order valence-corrected chi connectivity index (χ2v) is 16.8. The van der Waals surface area contributed by atoms with Crippen molar-refractivity contribution < 1.29 is 19.1 Å². The first-order chi connectivity index (χ1) is 22.6. The SMILES string of the molecule is Cc1ccc(NC(=O)COc2c(Br)cc(C3C4=C(CC(C)(C)CC4=O)N(Cc4ccccc4)C4=C3C(=O)CC(C)(C)C4)cc2Br)c(C)c1. The highest BCUT2D eigenvalue weighted by atomic mass is 79.9. The topological polar surface area (TPSA) is 75.7 Å². The average Bonchev–Trinajstić information content (AvgIpc) is 2.98. The number of allylic oxidation sites excluding steroid dienone is 4. The van der Waals surface area contributed by atoms with Gasteiger partial charge in [-0.25, -0.2) is 0 Å². The summed E-state index contributed by atoms with van der Waals surface area (Å²) in [7, 11) is 0. The summed E-state index contributed by atoms with van der Waals surface area (Å²) in [5.74, 6) is -0.116. The van der Waals surface area contributed by atoms with Gasteiger partial charge in [0.2, 0.25) is 0 Å². The summed E-state index contributed by atoms with van der Waals surface area (Å²) in [6.45, 7) is 13.0. The Balaban J connectivity index is 1.39. The van der Waals surface area contributed by atoms with Gasteiger partial charge in [-0.15, -0.1) is 0 Å². The molecule has 0 saturated carbocycles. The maximum Gasteiger partial charge on any atom is 0.262 e. The molecular formula is C40H42Br2N2O4. The van der Waals surface area contributed by atoms with E-state index in [1.54, 1.807) is 0 Å². The fraction of sp³-hybridized carbons (Fsp3) is 0.375. The molecule has 6 rings (SSSR count). The molecule has 3 aromatic rings. The standard InChI is InChI=1S/C40H42Br2N2O4/c1-23-12-13-29(24(2)14-23)43-34(47)22-48-38-27(41)15-26(16-28(38)42)35-36-30(17-39(3,4)19-32(36)45)44(21-25-10-8-7-9-11-25)31-18-40(5,6)20-33(46)37(31)35/h7-16,35H,17-22H2,1-6H3,(H,43,47). The zero-order valence-electron chi connectivity index (χ0n) is 28.4. The van der Waals surface area contributed by atoms with Crippen LogP contribution < -0.4 is 10.1 Å². The van der Waals surface area contributed by atoms with Gasteiger partial charge in [0.1, 0.15) is 5.75 Å². The number of hydrogen-bond acceptors (Lipinski definition) is 5. The number of ether oxygens (including phenoxy) is 1. The summed E-state index contributed by atoms with van der Waals surface area (Å²) in [6.07, 6.45) is 2.32. The van der Waals surface area contributed by atoms with Crippen molar-refractivity contribution in [3.05, 3.63) is 114 Å². The predicted octanol–water partition coefficient (Wildman–Crippen LogP) is 9.73. The maximum absolute atomic E-state index is 14.2. The van der Waals surface area contributed by atoms with E-state index in [-0.39, 0.29) is 34.9 Å². The molecule has 1 N–H and O–H groups in total. The van der Waals surface area contributed by atoms with Crippen LogP contribution in [0.15, 0.2) is 92.1 Å². The number of halogens is 2. The highest BCUT2D eigenvalue weighted by molar-refractivity contribution is 9.11. The third-order valence-corrected chi connectivity index (χ3v) is 10.7. The first-order valence-electron chi connectivity index (χ1n) is 16.5. The lowest BCUT2D eigenvalue weighted by Gasteiger charge is -2.49. The van der Waals surface area contributed by atoms with Crippen LogP contribution in [0.2, 0.25) is 0 Å². The fourth-order valence-electron chi connectivity index (χ4n) is 7.50. The molecule has 250 valence electrons. The number of benzene rings is 3. The highest BCUT2D eigenvalue weighted by Gasteiger charge is 2.49. The predicted molar refractivity (Wildman–Crippen MR) is 197 cm³/mol. The van der Waals surface area contributed by atoms with E-state index in [9.17, 15) is 14.4 Å². The highest BCUT2D eigenvalue weighted by Crippen LogP contribution is 2.55. The monoisotopic (exact) mass is 772 g/mol. The molecule has 3 aromatic carbocycles. The molecule has 0 unspecified atom stereocenters. The number of ketones is 2. The van der Waals surface area contributed by atoms with Gasteiger partial charge in [-0.2, -0.15) is 0 Å². The van der Waals surface area contributed by atoms with Gasteiger partial charge in [0.05, 0.1) is 8.95 Å². The summed E-state index contributed by atoms with van der Waals surface area (Å²) in [6, 6.07) is 20.0. The zero-order valence-corrected chi connectivity index (χ0v) is 31.6. The minimum atomic E-state index is -0.497. The van der Waals surface area contributed by atoms with Crippen molar-refractivity contribution in [1.82, 2.24) is 4.90 Å². The molecule has 1 heterocycles. The Hall–Kier alpha value is -3.49. The molecule has 1 amide bonds. The Morgan fingerprint density at radius 2 is 1.40 bits per heavy atom. The van der Waals surface area contributed by atoms with Crippen molar-refractivity contribution in [3.8, 4) is 5.75 Å². The molecule has 0 bridgehead atoms. The third-order valence-electron chi connectivity index (χ3n) is 9.56. The number of Topliss-reactive ketones (excluding diaryl/α,β-unsaturated/α-hetero) is 2. The van der Waals surface area contributed by atoms with Crippen LogP contribution in [0.4, 0.5) is 5.69 Å². The first kappa shape index (κ1) is 34.4. The van der Waals surface area contributed by atoms with Crippen molar-refractivity contribution in [1.29, 1.82) is 0 Å². The van der Waals surface area contributed by atoms with Crippen LogP contribution in [0, 0.1) is 24.7 Å². The van der Waals surface area contributed by atoms with Gasteiger partial charge < -0.3 is 15.0 Å². The lowest BCUT2D eigenvalue weighted by molar-refractivity contribution is -0.120. The average molecular weight is 775 g/mol. The molecule has 0 saturated heterocycles. The second-order valence-electron chi connectivity index (χ2n) is 15.1. The van der Waals surface area contributed by atoms with E-state index < -0.39 is 5.92 Å². The first-order valence-corrected chi connectivity index (χ1v) is 18.0. The van der Waals surface area contributed by atoms with Crippen LogP contribution in [-0.4, -0.2) is 29.0 Å². The lowest BCUT2D eigenvalue weighted by Crippen LogP contribution is -2.44. The Morgan fingerprint density at radius 1 is 0.833 bits per heavy atom. The number of amides is 1. The van der Waals surface area contributed by atoms with Crippen molar-refractivity contribution in [2.75, 3.05) is 11.9 Å². The van der Waals surface area contributed by atoms with E-state index in [4.69, 9.17) is 4.74 Å². The summed E-state index contributed by atoms with van der Waals surface area (Å²) in [4.78, 5) is 43.6. The van der Waals surface area contributed by atoms with Gasteiger partial charge in [0.15, 0.2) is 18.2 Å². The molecular weight excluding hydrogens is 732 g/mol. The van der Waals surface area contributed by atoms with Crippen LogP contribution >= 0.6 is 31.9 Å². The summed E-state index contributed by atoms with van der Waals surface area (Å²) >= 11 is 7.40. The molecule has 0 radical (unpaired) electrons. The number of nitrogens with one attached hydrogen (secondary N) is 1. The van der Waals surface area contributed by atoms with E-state index in [2.05, 4.69) is 81.9 Å². The van der Waals surface area contributed by atoms with Crippen molar-refractivity contribution >= 4 is 55.0 Å². The number of nitrogens with zero attached hydrogens (tertiary/aromatic N) is 1. The second kappa shape index (κ2) is 13.1. The minimum Gasteiger partial charge on any atom is -0.481 e. The number of rotatable bonds is 7. The van der Waals surface area contributed by atoms with Gasteiger partial charge in [0.25, 0.3) is 5.91 Å². The summed E-state index contributed by atoms with van der Waals surface area (Å²) in [5.41, 5.74) is 7.88. The molecule has 2 aliphatic carbocycles. The Morgan fingerprint density at radius 3 is 1.94 bits per heavy atom. The van der Waals surface area contributed by atoms with Crippen LogP contribution in [-0.2, 0) is 20.9 Å². The van der Waals surface area contributed by atoms with Gasteiger partial charge in [-0.1, -0.05) is 75.7 Å². The third kappa shape index (κ3) is 6.97. The van der Waals surface area contributed by atoms with Crippen LogP contribution in [0.1, 0.15) is 81.5 Å². The molecule has 0 fully saturated rings. The fourth-order valence-corrected chi connectivity index (χ4v) is 8.95. The summed E-state index contributed by atoms with van der Waals surface area (Å²) < 4.78 is 7.30. The Kier molecular flexibility index (Phi) is 9.37. The minimum absolute atomic E-state index is 0.0872. The normalized spacial score (nSPS) is 18.9. The molecule has 6 nitrogen and oxygen atoms in total. The quantitative estimate of drug-likeness (QED) is 0.259. The largest absolute Gasteiger partial charge is 0.481 e. The summed E-state index contributed by atoms with van der Waals surface area (Å²) in [5, 5.41) is 2.93. The van der Waals surface area contributed by atoms with Crippen molar-refractivity contribution in [2.24, 2.45) is 10.8 Å². The Labute approximate surface area is 300 Å². The zero-order chi connectivity index (χ0) is 34.5. The van der Waals surface area contributed by atoms with E-state index in [0.29, 0.717) is 34.1 Å².